The number of halogens is 1. The molecule has 0 aliphatic rings. The van der Waals surface area contributed by atoms with Crippen LogP contribution in [0, 0.1) is 11.3 Å². The van der Waals surface area contributed by atoms with Crippen molar-refractivity contribution in [2.75, 3.05) is 7.11 Å². The van der Waals surface area contributed by atoms with Crippen LogP contribution in [0.1, 0.15) is 24.8 Å². The van der Waals surface area contributed by atoms with Crippen molar-refractivity contribution in [2.45, 2.75) is 19.3 Å². The van der Waals surface area contributed by atoms with Gasteiger partial charge in [-0.1, -0.05) is 15.9 Å². The Morgan fingerprint density at radius 3 is 2.75 bits per heavy atom. The predicted molar refractivity (Wildman–Crippen MR) is 64.3 cm³/mol. The summed E-state index contributed by atoms with van der Waals surface area (Å²) in [6.45, 7) is 1.49. The summed E-state index contributed by atoms with van der Waals surface area (Å²) in [5.41, 5.74) is 0.795. The minimum absolute atomic E-state index is 0.00509. The van der Waals surface area contributed by atoms with Crippen molar-refractivity contribution >= 4 is 21.7 Å². The van der Waals surface area contributed by atoms with Gasteiger partial charge in [-0.25, -0.2) is 0 Å². The molecule has 1 unspecified atom stereocenters. The third kappa shape index (κ3) is 3.35. The highest BCUT2D eigenvalue weighted by atomic mass is 79.9. The fraction of sp³-hybridized carbons (Fsp3) is 0.333. The number of nitrogens with zero attached hydrogens (tertiary/aromatic N) is 1. The molecule has 0 saturated heterocycles. The quantitative estimate of drug-likeness (QED) is 0.852. The number of hydrogen-bond donors (Lipinski definition) is 0. The average molecular weight is 282 g/mol. The van der Waals surface area contributed by atoms with Crippen LogP contribution in [0.4, 0.5) is 0 Å². The molecule has 16 heavy (non-hydrogen) atoms. The third-order valence-electron chi connectivity index (χ3n) is 2.18. The van der Waals surface area contributed by atoms with Crippen molar-refractivity contribution < 1.29 is 9.53 Å². The van der Waals surface area contributed by atoms with E-state index in [0.717, 1.165) is 10.0 Å². The van der Waals surface area contributed by atoms with Gasteiger partial charge in [0.25, 0.3) is 0 Å². The van der Waals surface area contributed by atoms with E-state index in [1.54, 1.807) is 13.2 Å². The maximum Gasteiger partial charge on any atom is 0.131 e. The standard InChI is InChI=1S/C12H12BrNO2/c1-8(15)3-10(7-14)9-4-11(13)6-12(5-9)16-2/h4-6,10H,3H2,1-2H3. The van der Waals surface area contributed by atoms with Crippen LogP contribution in [0.3, 0.4) is 0 Å². The molecule has 0 radical (unpaired) electrons. The summed E-state index contributed by atoms with van der Waals surface area (Å²) in [6, 6.07) is 7.55. The topological polar surface area (TPSA) is 50.1 Å². The first-order valence-electron chi connectivity index (χ1n) is 4.80. The van der Waals surface area contributed by atoms with Gasteiger partial charge < -0.3 is 4.74 Å². The van der Waals surface area contributed by atoms with Crippen molar-refractivity contribution in [1.82, 2.24) is 0 Å². The minimum atomic E-state index is -0.413. The summed E-state index contributed by atoms with van der Waals surface area (Å²) in [5, 5.41) is 9.02. The van der Waals surface area contributed by atoms with Crippen LogP contribution in [0.2, 0.25) is 0 Å². The Labute approximate surface area is 103 Å². The van der Waals surface area contributed by atoms with Gasteiger partial charge in [-0.2, -0.15) is 5.26 Å². The van der Waals surface area contributed by atoms with E-state index in [1.807, 2.05) is 12.1 Å². The molecule has 0 N–H and O–H groups in total. The number of benzene rings is 1. The number of hydrogen-bond acceptors (Lipinski definition) is 3. The molecule has 0 bridgehead atoms. The Morgan fingerprint density at radius 2 is 2.25 bits per heavy atom. The zero-order valence-corrected chi connectivity index (χ0v) is 10.7. The van der Waals surface area contributed by atoms with E-state index in [2.05, 4.69) is 22.0 Å². The summed E-state index contributed by atoms with van der Waals surface area (Å²) in [7, 11) is 1.57. The molecule has 1 aromatic rings. The lowest BCUT2D eigenvalue weighted by atomic mass is 9.95. The Hall–Kier alpha value is -1.34. The van der Waals surface area contributed by atoms with Crippen LogP contribution in [-0.2, 0) is 4.79 Å². The number of ketones is 1. The number of carbonyl (C=O) groups excluding carboxylic acids is 1. The van der Waals surface area contributed by atoms with Crippen molar-refractivity contribution in [1.29, 1.82) is 5.26 Å². The highest BCUT2D eigenvalue weighted by Gasteiger charge is 2.14. The lowest BCUT2D eigenvalue weighted by molar-refractivity contribution is -0.117. The number of rotatable bonds is 4. The molecule has 84 valence electrons. The minimum Gasteiger partial charge on any atom is -0.497 e. The molecule has 0 aromatic heterocycles. The zero-order chi connectivity index (χ0) is 12.1. The molecule has 0 saturated carbocycles. The van der Waals surface area contributed by atoms with Crippen LogP contribution in [0.15, 0.2) is 22.7 Å². The van der Waals surface area contributed by atoms with Gasteiger partial charge in [0.05, 0.1) is 19.1 Å². The van der Waals surface area contributed by atoms with Crippen LogP contribution in [0.25, 0.3) is 0 Å². The first-order chi connectivity index (χ1) is 7.56. The molecule has 0 spiro atoms. The van der Waals surface area contributed by atoms with Crippen molar-refractivity contribution in [3.05, 3.63) is 28.2 Å². The summed E-state index contributed by atoms with van der Waals surface area (Å²) in [4.78, 5) is 11.0. The SMILES string of the molecule is COc1cc(Br)cc(C(C#N)CC(C)=O)c1. The van der Waals surface area contributed by atoms with Gasteiger partial charge in [-0.05, 0) is 30.7 Å². The smallest absolute Gasteiger partial charge is 0.131 e. The number of Topliss-reactive ketones (excluding diaryl/α,β-unsaturated/α-hetero) is 1. The highest BCUT2D eigenvalue weighted by Crippen LogP contribution is 2.27. The van der Waals surface area contributed by atoms with Crippen LogP contribution in [0.5, 0.6) is 5.75 Å². The lowest BCUT2D eigenvalue weighted by Gasteiger charge is -2.10. The van der Waals surface area contributed by atoms with Crippen molar-refractivity contribution in [3.63, 3.8) is 0 Å². The van der Waals surface area contributed by atoms with E-state index < -0.39 is 5.92 Å². The first kappa shape index (κ1) is 12.7. The first-order valence-corrected chi connectivity index (χ1v) is 5.59. The van der Waals surface area contributed by atoms with E-state index >= 15 is 0 Å². The van der Waals surface area contributed by atoms with Crippen LogP contribution >= 0.6 is 15.9 Å². The van der Waals surface area contributed by atoms with Gasteiger partial charge >= 0.3 is 0 Å². The number of nitriles is 1. The van der Waals surface area contributed by atoms with Gasteiger partial charge in [-0.3, -0.25) is 4.79 Å². The van der Waals surface area contributed by atoms with E-state index in [1.165, 1.54) is 6.92 Å². The predicted octanol–water partition coefficient (Wildman–Crippen LogP) is 3.04. The molecule has 4 heteroatoms. The molecule has 1 rings (SSSR count). The van der Waals surface area contributed by atoms with E-state index in [0.29, 0.717) is 5.75 Å². The molecule has 3 nitrogen and oxygen atoms in total. The molecular formula is C12H12BrNO2. The lowest BCUT2D eigenvalue weighted by Crippen LogP contribution is -2.02. The number of methoxy groups -OCH3 is 1. The van der Waals surface area contributed by atoms with E-state index in [9.17, 15) is 4.79 Å². The third-order valence-corrected chi connectivity index (χ3v) is 2.64. The summed E-state index contributed by atoms with van der Waals surface area (Å²) in [5.74, 6) is 0.266. The van der Waals surface area contributed by atoms with Crippen LogP contribution in [-0.4, -0.2) is 12.9 Å². The highest BCUT2D eigenvalue weighted by molar-refractivity contribution is 9.10. The van der Waals surface area contributed by atoms with Crippen molar-refractivity contribution in [3.8, 4) is 11.8 Å². The molecule has 0 aliphatic carbocycles. The molecule has 1 aromatic carbocycles. The van der Waals surface area contributed by atoms with Gasteiger partial charge in [0, 0.05) is 10.9 Å². The summed E-state index contributed by atoms with van der Waals surface area (Å²) < 4.78 is 5.95. The second kappa shape index (κ2) is 5.66. The maximum atomic E-state index is 11.0. The number of carbonyl (C=O) groups is 1. The average Bonchev–Trinajstić information content (AvgIpc) is 2.24. The second-order valence-electron chi connectivity index (χ2n) is 3.51. The molecule has 0 amide bonds. The fourth-order valence-corrected chi connectivity index (χ4v) is 1.92. The van der Waals surface area contributed by atoms with Gasteiger partial charge in [0.15, 0.2) is 0 Å². The Bertz CT molecular complexity index is 437. The normalized spacial score (nSPS) is 11.6. The summed E-state index contributed by atoms with van der Waals surface area (Å²) in [6.07, 6.45) is 0.232. The number of ether oxygens (including phenoxy) is 1. The summed E-state index contributed by atoms with van der Waals surface area (Å²) >= 11 is 3.34. The molecular weight excluding hydrogens is 270 g/mol. The Balaban J connectivity index is 3.05. The molecule has 0 fully saturated rings. The second-order valence-corrected chi connectivity index (χ2v) is 4.43. The zero-order valence-electron chi connectivity index (χ0n) is 9.16. The monoisotopic (exact) mass is 281 g/mol. The van der Waals surface area contributed by atoms with Gasteiger partial charge in [-0.15, -0.1) is 0 Å². The van der Waals surface area contributed by atoms with E-state index in [-0.39, 0.29) is 12.2 Å². The van der Waals surface area contributed by atoms with Crippen molar-refractivity contribution in [2.24, 2.45) is 0 Å². The molecule has 0 aliphatic heterocycles. The Morgan fingerprint density at radius 1 is 1.56 bits per heavy atom. The van der Waals surface area contributed by atoms with Gasteiger partial charge in [0.1, 0.15) is 11.5 Å². The van der Waals surface area contributed by atoms with E-state index in [4.69, 9.17) is 10.00 Å². The van der Waals surface area contributed by atoms with Gasteiger partial charge in [0.2, 0.25) is 0 Å². The van der Waals surface area contributed by atoms with Crippen LogP contribution < -0.4 is 4.74 Å². The maximum absolute atomic E-state index is 11.0. The Kier molecular flexibility index (Phi) is 4.51. The molecule has 0 heterocycles. The fourth-order valence-electron chi connectivity index (χ4n) is 1.43. The molecule has 1 atom stereocenters. The largest absolute Gasteiger partial charge is 0.497 e.